The Labute approximate surface area is 127 Å². The molecule has 3 rings (SSSR count). The molecule has 3 heteroatoms. The molecule has 0 aliphatic heterocycles. The molecule has 3 atom stereocenters. The number of carbonyl (C=O) groups excluding carboxylic acids is 1. The largest absolute Gasteiger partial charge is 0.351 e. The van der Waals surface area contributed by atoms with Gasteiger partial charge in [0.15, 0.2) is 0 Å². The Morgan fingerprint density at radius 2 is 1.86 bits per heavy atom. The highest BCUT2D eigenvalue weighted by Gasteiger charge is 2.45. The van der Waals surface area contributed by atoms with E-state index in [-0.39, 0.29) is 5.91 Å². The van der Waals surface area contributed by atoms with Crippen LogP contribution in [0.2, 0.25) is 0 Å². The summed E-state index contributed by atoms with van der Waals surface area (Å²) in [6.45, 7) is 1.80. The fourth-order valence-corrected chi connectivity index (χ4v) is 3.70. The van der Waals surface area contributed by atoms with Crippen LogP contribution in [0.15, 0.2) is 30.3 Å². The molecule has 1 aromatic carbocycles. The van der Waals surface area contributed by atoms with Gasteiger partial charge in [-0.05, 0) is 30.7 Å². The normalized spacial score (nSPS) is 28.7. The average molecular weight is 286 g/mol. The third-order valence-electron chi connectivity index (χ3n) is 5.26. The van der Waals surface area contributed by atoms with Crippen LogP contribution in [0.5, 0.6) is 0 Å². The predicted molar refractivity (Wildman–Crippen MR) is 84.6 cm³/mol. The molecule has 3 nitrogen and oxygen atoms in total. The number of nitrogens with two attached hydrogens (primary N) is 1. The summed E-state index contributed by atoms with van der Waals surface area (Å²) < 4.78 is 0. The second-order valence-electron chi connectivity index (χ2n) is 6.95. The molecule has 0 heterocycles. The molecule has 2 fully saturated rings. The summed E-state index contributed by atoms with van der Waals surface area (Å²) in [5, 5.41) is 3.18. The van der Waals surface area contributed by atoms with Crippen LogP contribution in [0.4, 0.5) is 0 Å². The van der Waals surface area contributed by atoms with Crippen LogP contribution >= 0.6 is 0 Å². The van der Waals surface area contributed by atoms with Gasteiger partial charge in [0.2, 0.25) is 5.91 Å². The minimum atomic E-state index is -0.943. The van der Waals surface area contributed by atoms with Crippen LogP contribution in [0.25, 0.3) is 0 Å². The molecule has 0 bridgehead atoms. The summed E-state index contributed by atoms with van der Waals surface area (Å²) in [7, 11) is 0. The van der Waals surface area contributed by atoms with Crippen molar-refractivity contribution < 1.29 is 4.79 Å². The Balaban J connectivity index is 1.57. The molecular weight excluding hydrogens is 260 g/mol. The smallest absolute Gasteiger partial charge is 0.244 e. The van der Waals surface area contributed by atoms with Crippen molar-refractivity contribution in [3.8, 4) is 0 Å². The molecular formula is C18H26N2O. The topological polar surface area (TPSA) is 55.1 Å². The summed E-state index contributed by atoms with van der Waals surface area (Å²) in [6, 6.07) is 9.99. The van der Waals surface area contributed by atoms with Crippen molar-refractivity contribution in [1.29, 1.82) is 0 Å². The molecule has 3 unspecified atom stereocenters. The number of rotatable bonds is 4. The molecule has 114 valence electrons. The lowest BCUT2D eigenvalue weighted by Crippen LogP contribution is -2.50. The fourth-order valence-electron chi connectivity index (χ4n) is 3.70. The molecule has 0 radical (unpaired) electrons. The summed E-state index contributed by atoms with van der Waals surface area (Å²) in [4.78, 5) is 12.5. The van der Waals surface area contributed by atoms with Gasteiger partial charge in [-0.15, -0.1) is 0 Å². The lowest BCUT2D eigenvalue weighted by Gasteiger charge is -2.25. The standard InChI is InChI=1S/C18H26N2O/c1-18(19,14-10-6-3-7-11-14)17(21)20-16-12-15(16)13-8-4-2-5-9-13/h3,6-7,10-11,13,15-16H,2,4-5,8-9,12,19H2,1H3,(H,20,21). The first kappa shape index (κ1) is 14.6. The lowest BCUT2D eigenvalue weighted by atomic mass is 9.85. The lowest BCUT2D eigenvalue weighted by molar-refractivity contribution is -0.126. The van der Waals surface area contributed by atoms with Crippen molar-refractivity contribution in [2.75, 3.05) is 0 Å². The molecule has 3 N–H and O–H groups in total. The van der Waals surface area contributed by atoms with E-state index in [2.05, 4.69) is 5.32 Å². The minimum Gasteiger partial charge on any atom is -0.351 e. The zero-order valence-electron chi connectivity index (χ0n) is 12.8. The third-order valence-corrected chi connectivity index (χ3v) is 5.26. The van der Waals surface area contributed by atoms with Crippen molar-refractivity contribution in [2.24, 2.45) is 17.6 Å². The van der Waals surface area contributed by atoms with Crippen molar-refractivity contribution in [3.63, 3.8) is 0 Å². The molecule has 0 spiro atoms. The zero-order chi connectivity index (χ0) is 14.9. The summed E-state index contributed by atoms with van der Waals surface area (Å²) in [6.07, 6.45) is 7.93. The first-order valence-corrected chi connectivity index (χ1v) is 8.24. The van der Waals surface area contributed by atoms with Crippen LogP contribution in [-0.4, -0.2) is 11.9 Å². The highest BCUT2D eigenvalue weighted by Crippen LogP contribution is 2.44. The highest BCUT2D eigenvalue weighted by molar-refractivity contribution is 5.87. The van der Waals surface area contributed by atoms with Crippen LogP contribution < -0.4 is 11.1 Å². The Morgan fingerprint density at radius 3 is 2.52 bits per heavy atom. The first-order chi connectivity index (χ1) is 10.1. The average Bonchev–Trinajstić information content (AvgIpc) is 3.28. The molecule has 2 aliphatic carbocycles. The molecule has 21 heavy (non-hydrogen) atoms. The van der Waals surface area contributed by atoms with E-state index in [4.69, 9.17) is 5.73 Å². The number of nitrogens with one attached hydrogen (secondary N) is 1. The minimum absolute atomic E-state index is 0.0444. The van der Waals surface area contributed by atoms with Gasteiger partial charge in [0, 0.05) is 6.04 Å². The van der Waals surface area contributed by atoms with E-state index in [1.807, 2.05) is 30.3 Å². The Bertz CT molecular complexity index is 491. The number of carbonyl (C=O) groups is 1. The van der Waals surface area contributed by atoms with Crippen LogP contribution in [0, 0.1) is 11.8 Å². The van der Waals surface area contributed by atoms with Crippen molar-refractivity contribution >= 4 is 5.91 Å². The summed E-state index contributed by atoms with van der Waals surface area (Å²) in [5.74, 6) is 1.47. The van der Waals surface area contributed by atoms with Gasteiger partial charge in [-0.1, -0.05) is 62.4 Å². The molecule has 2 saturated carbocycles. The van der Waals surface area contributed by atoms with Gasteiger partial charge >= 0.3 is 0 Å². The van der Waals surface area contributed by atoms with E-state index in [1.54, 1.807) is 6.92 Å². The quantitative estimate of drug-likeness (QED) is 0.894. The van der Waals surface area contributed by atoms with E-state index in [9.17, 15) is 4.79 Å². The first-order valence-electron chi connectivity index (χ1n) is 8.24. The van der Waals surface area contributed by atoms with Gasteiger partial charge in [-0.25, -0.2) is 0 Å². The Kier molecular flexibility index (Phi) is 4.03. The van der Waals surface area contributed by atoms with Gasteiger partial charge in [0.25, 0.3) is 0 Å². The van der Waals surface area contributed by atoms with Gasteiger partial charge in [-0.2, -0.15) is 0 Å². The fraction of sp³-hybridized carbons (Fsp3) is 0.611. The molecule has 1 amide bonds. The Hall–Kier alpha value is -1.35. The zero-order valence-corrected chi connectivity index (χ0v) is 12.8. The van der Waals surface area contributed by atoms with E-state index in [0.29, 0.717) is 12.0 Å². The molecule has 0 saturated heterocycles. The van der Waals surface area contributed by atoms with Crippen molar-refractivity contribution in [1.82, 2.24) is 5.32 Å². The van der Waals surface area contributed by atoms with Crippen LogP contribution in [0.3, 0.4) is 0 Å². The van der Waals surface area contributed by atoms with Gasteiger partial charge in [0.05, 0.1) is 0 Å². The molecule has 0 aromatic heterocycles. The van der Waals surface area contributed by atoms with E-state index in [0.717, 1.165) is 17.9 Å². The van der Waals surface area contributed by atoms with E-state index >= 15 is 0 Å². The highest BCUT2D eigenvalue weighted by atomic mass is 16.2. The van der Waals surface area contributed by atoms with Crippen molar-refractivity contribution in [3.05, 3.63) is 35.9 Å². The number of benzene rings is 1. The van der Waals surface area contributed by atoms with Crippen LogP contribution in [-0.2, 0) is 10.3 Å². The second kappa shape index (κ2) is 5.80. The van der Waals surface area contributed by atoms with Crippen molar-refractivity contribution in [2.45, 2.75) is 57.0 Å². The van der Waals surface area contributed by atoms with E-state index in [1.165, 1.54) is 32.1 Å². The Morgan fingerprint density at radius 1 is 1.19 bits per heavy atom. The monoisotopic (exact) mass is 286 g/mol. The maximum absolute atomic E-state index is 12.5. The second-order valence-corrected chi connectivity index (χ2v) is 6.95. The van der Waals surface area contributed by atoms with Gasteiger partial charge in [-0.3, -0.25) is 4.79 Å². The number of hydrogen-bond acceptors (Lipinski definition) is 2. The van der Waals surface area contributed by atoms with Crippen LogP contribution in [0.1, 0.15) is 51.0 Å². The number of hydrogen-bond donors (Lipinski definition) is 2. The predicted octanol–water partition coefficient (Wildman–Crippen LogP) is 2.95. The SMILES string of the molecule is CC(N)(C(=O)NC1CC1C1CCCCC1)c1ccccc1. The molecule has 2 aliphatic rings. The van der Waals surface area contributed by atoms with Gasteiger partial charge < -0.3 is 11.1 Å². The number of amides is 1. The molecule has 1 aromatic rings. The summed E-state index contributed by atoms with van der Waals surface area (Å²) >= 11 is 0. The third kappa shape index (κ3) is 3.13. The van der Waals surface area contributed by atoms with E-state index < -0.39 is 5.54 Å². The summed E-state index contributed by atoms with van der Waals surface area (Å²) in [5.41, 5.74) is 6.20. The maximum atomic E-state index is 12.5. The maximum Gasteiger partial charge on any atom is 0.244 e. The van der Waals surface area contributed by atoms with Gasteiger partial charge in [0.1, 0.15) is 5.54 Å².